The summed E-state index contributed by atoms with van der Waals surface area (Å²) in [5.41, 5.74) is 1.25. The highest BCUT2D eigenvalue weighted by atomic mass is 16.5. The molecule has 32 heavy (non-hydrogen) atoms. The maximum absolute atomic E-state index is 12.4. The molecule has 2 atom stereocenters. The van der Waals surface area contributed by atoms with Gasteiger partial charge in [-0.25, -0.2) is 0 Å². The van der Waals surface area contributed by atoms with Gasteiger partial charge in [-0.1, -0.05) is 81.5 Å². The van der Waals surface area contributed by atoms with Crippen LogP contribution in [-0.2, 0) is 10.3 Å². The number of hydrogen-bond acceptors (Lipinski definition) is 4. The van der Waals surface area contributed by atoms with E-state index in [-0.39, 0.29) is 5.92 Å². The highest BCUT2D eigenvalue weighted by Gasteiger charge is 2.40. The van der Waals surface area contributed by atoms with Gasteiger partial charge in [0, 0.05) is 25.6 Å². The summed E-state index contributed by atoms with van der Waals surface area (Å²) in [6.45, 7) is 9.06. The molecule has 0 bridgehead atoms. The number of hydrogen-bond donors (Lipinski definition) is 1. The third-order valence-electron chi connectivity index (χ3n) is 6.65. The zero-order chi connectivity index (χ0) is 22.7. The highest BCUT2D eigenvalue weighted by Crippen LogP contribution is 2.42. The van der Waals surface area contributed by atoms with E-state index in [1.165, 1.54) is 24.8 Å². The van der Waals surface area contributed by atoms with Crippen LogP contribution in [0.5, 0.6) is 5.75 Å². The second kappa shape index (κ2) is 13.0. The smallest absolute Gasteiger partial charge is 0.119 e. The van der Waals surface area contributed by atoms with Crippen molar-refractivity contribution in [2.45, 2.75) is 63.9 Å². The van der Waals surface area contributed by atoms with Crippen molar-refractivity contribution in [3.63, 3.8) is 0 Å². The van der Waals surface area contributed by atoms with Crippen molar-refractivity contribution >= 4 is 0 Å². The first kappa shape index (κ1) is 24.8. The standard InChI is InChI=1S/C28H41NO3/c1-3-5-6-7-11-18-28(30,25-14-16-26(17-15-25)32-4-2)27(24-12-9-8-10-13-24)23-29-19-21-31-22-20-29/h8-10,12-17,27,30H,3-7,11,18-23H2,1-2H3. The van der Waals surface area contributed by atoms with E-state index in [0.717, 1.165) is 63.4 Å². The second-order valence-corrected chi connectivity index (χ2v) is 8.92. The molecule has 1 saturated heterocycles. The van der Waals surface area contributed by atoms with Gasteiger partial charge in [0.25, 0.3) is 0 Å². The summed E-state index contributed by atoms with van der Waals surface area (Å²) >= 11 is 0. The SMILES string of the molecule is CCCCCCCC(O)(c1ccc(OCC)cc1)C(CN1CCOCC1)c1ccccc1. The zero-order valence-electron chi connectivity index (χ0n) is 20.0. The van der Waals surface area contributed by atoms with Gasteiger partial charge >= 0.3 is 0 Å². The minimum atomic E-state index is -0.934. The molecule has 0 spiro atoms. The van der Waals surface area contributed by atoms with Gasteiger partial charge in [-0.15, -0.1) is 0 Å². The molecular formula is C28H41NO3. The van der Waals surface area contributed by atoms with Crippen LogP contribution in [0.25, 0.3) is 0 Å². The van der Waals surface area contributed by atoms with E-state index in [1.54, 1.807) is 0 Å². The lowest BCUT2D eigenvalue weighted by atomic mass is 9.73. The molecule has 2 aromatic rings. The quantitative estimate of drug-likeness (QED) is 0.404. The van der Waals surface area contributed by atoms with Crippen LogP contribution in [-0.4, -0.2) is 49.5 Å². The predicted molar refractivity (Wildman–Crippen MR) is 131 cm³/mol. The summed E-state index contributed by atoms with van der Waals surface area (Å²) in [4.78, 5) is 2.44. The van der Waals surface area contributed by atoms with Crippen LogP contribution in [0.4, 0.5) is 0 Å². The molecule has 3 rings (SSSR count). The molecule has 2 unspecified atom stereocenters. The van der Waals surface area contributed by atoms with Gasteiger partial charge in [-0.2, -0.15) is 0 Å². The Balaban J connectivity index is 1.91. The van der Waals surface area contributed by atoms with Gasteiger partial charge in [-0.3, -0.25) is 4.90 Å². The van der Waals surface area contributed by atoms with E-state index in [0.29, 0.717) is 6.61 Å². The van der Waals surface area contributed by atoms with E-state index < -0.39 is 5.60 Å². The van der Waals surface area contributed by atoms with Crippen molar-refractivity contribution in [2.24, 2.45) is 0 Å². The third-order valence-corrected chi connectivity index (χ3v) is 6.65. The summed E-state index contributed by atoms with van der Waals surface area (Å²) in [6, 6.07) is 18.7. The largest absolute Gasteiger partial charge is 0.494 e. The van der Waals surface area contributed by atoms with Crippen LogP contribution in [0.2, 0.25) is 0 Å². The molecule has 1 aliphatic rings. The Morgan fingerprint density at radius 2 is 1.62 bits per heavy atom. The van der Waals surface area contributed by atoms with Crippen molar-refractivity contribution in [1.82, 2.24) is 4.90 Å². The zero-order valence-corrected chi connectivity index (χ0v) is 20.0. The molecular weight excluding hydrogens is 398 g/mol. The number of ether oxygens (including phenoxy) is 2. The number of unbranched alkanes of at least 4 members (excludes halogenated alkanes) is 4. The lowest BCUT2D eigenvalue weighted by Gasteiger charge is -2.41. The molecule has 4 nitrogen and oxygen atoms in total. The third kappa shape index (κ3) is 6.81. The number of morpholine rings is 1. The summed E-state index contributed by atoms with van der Waals surface area (Å²) in [5.74, 6) is 0.844. The Bertz CT molecular complexity index is 758. The van der Waals surface area contributed by atoms with Crippen LogP contribution in [0.15, 0.2) is 54.6 Å². The van der Waals surface area contributed by atoms with Crippen LogP contribution in [0.3, 0.4) is 0 Å². The van der Waals surface area contributed by atoms with Crippen molar-refractivity contribution in [1.29, 1.82) is 0 Å². The Hall–Kier alpha value is -1.88. The van der Waals surface area contributed by atoms with Crippen molar-refractivity contribution in [2.75, 3.05) is 39.5 Å². The minimum Gasteiger partial charge on any atom is -0.494 e. The lowest BCUT2D eigenvalue weighted by Crippen LogP contribution is -2.45. The molecule has 1 N–H and O–H groups in total. The van der Waals surface area contributed by atoms with Crippen LogP contribution in [0.1, 0.15) is 69.4 Å². The van der Waals surface area contributed by atoms with E-state index in [2.05, 4.69) is 54.3 Å². The molecule has 0 amide bonds. The monoisotopic (exact) mass is 439 g/mol. The van der Waals surface area contributed by atoms with Gasteiger partial charge in [0.2, 0.25) is 0 Å². The number of rotatable bonds is 13. The van der Waals surface area contributed by atoms with Gasteiger partial charge in [0.1, 0.15) is 5.75 Å². The minimum absolute atomic E-state index is 0.00841. The maximum Gasteiger partial charge on any atom is 0.119 e. The van der Waals surface area contributed by atoms with Crippen LogP contribution < -0.4 is 4.74 Å². The fraction of sp³-hybridized carbons (Fsp3) is 0.571. The van der Waals surface area contributed by atoms with E-state index in [9.17, 15) is 5.11 Å². The van der Waals surface area contributed by atoms with Crippen LogP contribution in [0, 0.1) is 0 Å². The van der Waals surface area contributed by atoms with Gasteiger partial charge in [-0.05, 0) is 36.6 Å². The fourth-order valence-electron chi connectivity index (χ4n) is 4.78. The lowest BCUT2D eigenvalue weighted by molar-refractivity contribution is -0.0296. The van der Waals surface area contributed by atoms with Gasteiger partial charge in [0.05, 0.1) is 25.4 Å². The molecule has 1 fully saturated rings. The maximum atomic E-state index is 12.4. The second-order valence-electron chi connectivity index (χ2n) is 8.92. The fourth-order valence-corrected chi connectivity index (χ4v) is 4.78. The molecule has 4 heteroatoms. The first-order valence-corrected chi connectivity index (χ1v) is 12.5. The van der Waals surface area contributed by atoms with E-state index in [4.69, 9.17) is 9.47 Å². The van der Waals surface area contributed by atoms with E-state index in [1.807, 2.05) is 19.1 Å². The highest BCUT2D eigenvalue weighted by molar-refractivity contribution is 5.35. The average molecular weight is 440 g/mol. The van der Waals surface area contributed by atoms with Crippen molar-refractivity contribution in [3.05, 3.63) is 65.7 Å². The molecule has 1 heterocycles. The summed E-state index contributed by atoms with van der Waals surface area (Å²) in [6.07, 6.45) is 6.66. The molecule has 0 aromatic heterocycles. The predicted octanol–water partition coefficient (Wildman–Crippen LogP) is 5.75. The number of aliphatic hydroxyl groups is 1. The number of benzene rings is 2. The van der Waals surface area contributed by atoms with Crippen molar-refractivity contribution in [3.8, 4) is 5.75 Å². The molecule has 2 aromatic carbocycles. The molecule has 0 radical (unpaired) electrons. The Labute approximate surface area is 194 Å². The van der Waals surface area contributed by atoms with Crippen LogP contribution >= 0.6 is 0 Å². The molecule has 1 aliphatic heterocycles. The molecule has 176 valence electrons. The number of nitrogens with zero attached hydrogens (tertiary/aromatic N) is 1. The Morgan fingerprint density at radius 1 is 0.938 bits per heavy atom. The topological polar surface area (TPSA) is 41.9 Å². The normalized spacial score (nSPS) is 17.6. The van der Waals surface area contributed by atoms with Crippen molar-refractivity contribution < 1.29 is 14.6 Å². The Morgan fingerprint density at radius 3 is 2.28 bits per heavy atom. The molecule has 0 aliphatic carbocycles. The molecule has 0 saturated carbocycles. The summed E-state index contributed by atoms with van der Waals surface area (Å²) in [5, 5.41) is 12.4. The first-order valence-electron chi connectivity index (χ1n) is 12.5. The van der Waals surface area contributed by atoms with E-state index >= 15 is 0 Å². The summed E-state index contributed by atoms with van der Waals surface area (Å²) in [7, 11) is 0. The summed E-state index contributed by atoms with van der Waals surface area (Å²) < 4.78 is 11.2. The van der Waals surface area contributed by atoms with Gasteiger partial charge in [0.15, 0.2) is 0 Å². The van der Waals surface area contributed by atoms with Gasteiger partial charge < -0.3 is 14.6 Å². The average Bonchev–Trinajstić information content (AvgIpc) is 2.84. The first-order chi connectivity index (χ1) is 15.7. The Kier molecular flexibility index (Phi) is 10.0.